The number of rotatable bonds is 4. The van der Waals surface area contributed by atoms with Gasteiger partial charge in [-0.15, -0.1) is 23.5 Å². The van der Waals surface area contributed by atoms with Crippen LogP contribution in [0.5, 0.6) is 0 Å². The molecule has 0 unspecified atom stereocenters. The predicted molar refractivity (Wildman–Crippen MR) is 87.8 cm³/mol. The number of thioether (sulfide) groups is 2. The van der Waals surface area contributed by atoms with Crippen molar-refractivity contribution in [3.05, 3.63) is 59.7 Å². The van der Waals surface area contributed by atoms with Crippen LogP contribution in [0.15, 0.2) is 58.3 Å². The van der Waals surface area contributed by atoms with Crippen LogP contribution in [-0.2, 0) is 0 Å². The van der Waals surface area contributed by atoms with E-state index in [2.05, 4.69) is 62.4 Å². The van der Waals surface area contributed by atoms with Crippen molar-refractivity contribution in [1.82, 2.24) is 0 Å². The molecule has 0 amide bonds. The minimum absolute atomic E-state index is 0.662. The zero-order valence-corrected chi connectivity index (χ0v) is 14.6. The van der Waals surface area contributed by atoms with Crippen LogP contribution in [0.2, 0.25) is 0 Å². The lowest BCUT2D eigenvalue weighted by Crippen LogP contribution is -1.94. The highest BCUT2D eigenvalue weighted by atomic mass is 32.2. The third-order valence-electron chi connectivity index (χ3n) is 2.65. The molecule has 0 aromatic heterocycles. The molecule has 0 radical (unpaired) electrons. The van der Waals surface area contributed by atoms with E-state index in [0.29, 0.717) is 4.21 Å². The molecule has 2 aromatic carbocycles. The summed E-state index contributed by atoms with van der Waals surface area (Å²) in [6.07, 6.45) is 0. The average Bonchev–Trinajstić information content (AvgIpc) is 2.35. The minimum Gasteiger partial charge on any atom is -0.116 e. The van der Waals surface area contributed by atoms with Gasteiger partial charge >= 0.3 is 0 Å². The maximum atomic E-state index is 2.22. The lowest BCUT2D eigenvalue weighted by atomic mass is 10.2. The Morgan fingerprint density at radius 3 is 1.39 bits per heavy atom. The van der Waals surface area contributed by atoms with Gasteiger partial charge in [-0.25, -0.2) is 0 Å². The molecule has 0 nitrogen and oxygen atoms in total. The molecule has 0 atom stereocenters. The Morgan fingerprint density at radius 2 is 1.06 bits per heavy atom. The summed E-state index contributed by atoms with van der Waals surface area (Å²) in [5, 5.41) is 0. The van der Waals surface area contributed by atoms with Gasteiger partial charge in [-0.3, -0.25) is 0 Å². The Morgan fingerprint density at radius 1 is 0.722 bits per heavy atom. The second-order valence-corrected chi connectivity index (χ2v) is 10.4. The standard InChI is InChI=1S/C15H18S2Si/c1-11-3-7-13(8-4-11)16-15(18)17-14-9-5-12(2)6-10-14/h3-10,15H,1-2,18H3. The van der Waals surface area contributed by atoms with Crippen molar-refractivity contribution in [2.24, 2.45) is 0 Å². The van der Waals surface area contributed by atoms with E-state index in [1.54, 1.807) is 0 Å². The fourth-order valence-corrected chi connectivity index (χ4v) is 5.49. The van der Waals surface area contributed by atoms with Crippen molar-refractivity contribution < 1.29 is 0 Å². The van der Waals surface area contributed by atoms with Gasteiger partial charge in [0.15, 0.2) is 0 Å². The highest BCUT2D eigenvalue weighted by Gasteiger charge is 2.06. The normalized spacial score (nSPS) is 11.1. The molecular weight excluding hydrogens is 272 g/mol. The molecule has 0 fully saturated rings. The van der Waals surface area contributed by atoms with E-state index in [9.17, 15) is 0 Å². The lowest BCUT2D eigenvalue weighted by Gasteiger charge is -2.11. The Kier molecular flexibility index (Phi) is 4.98. The molecule has 0 saturated carbocycles. The lowest BCUT2D eigenvalue weighted by molar-refractivity contribution is 1.37. The molecule has 0 saturated heterocycles. The largest absolute Gasteiger partial charge is 0.116 e. The molecule has 0 aliphatic heterocycles. The van der Waals surface area contributed by atoms with Crippen molar-refractivity contribution in [2.45, 2.75) is 27.8 Å². The van der Waals surface area contributed by atoms with Crippen LogP contribution >= 0.6 is 23.5 Å². The van der Waals surface area contributed by atoms with E-state index in [-0.39, 0.29) is 0 Å². The van der Waals surface area contributed by atoms with Crippen LogP contribution < -0.4 is 0 Å². The molecular formula is C15H18S2Si. The summed E-state index contributed by atoms with van der Waals surface area (Å²) in [6, 6.07) is 17.6. The third-order valence-corrected chi connectivity index (χ3v) is 6.39. The second-order valence-electron chi connectivity index (χ2n) is 4.43. The van der Waals surface area contributed by atoms with Crippen LogP contribution in [0.1, 0.15) is 11.1 Å². The van der Waals surface area contributed by atoms with Crippen LogP contribution in [0.3, 0.4) is 0 Å². The van der Waals surface area contributed by atoms with Gasteiger partial charge in [0.05, 0.1) is 0 Å². The number of hydrogen-bond acceptors (Lipinski definition) is 2. The third kappa shape index (κ3) is 4.23. The summed E-state index contributed by atoms with van der Waals surface area (Å²) in [4.78, 5) is 2.75. The predicted octanol–water partition coefficient (Wildman–Crippen LogP) is 3.84. The first-order chi connectivity index (χ1) is 8.63. The first kappa shape index (κ1) is 13.8. The van der Waals surface area contributed by atoms with E-state index in [1.165, 1.54) is 31.2 Å². The van der Waals surface area contributed by atoms with Crippen molar-refractivity contribution in [3.63, 3.8) is 0 Å². The number of hydrogen-bond donors (Lipinski definition) is 0. The average molecular weight is 291 g/mol. The smallest absolute Gasteiger partial charge is 0.0417 e. The monoisotopic (exact) mass is 290 g/mol. The van der Waals surface area contributed by atoms with Crippen molar-refractivity contribution >= 4 is 33.8 Å². The molecule has 18 heavy (non-hydrogen) atoms. The van der Waals surface area contributed by atoms with Gasteiger partial charge in [0.2, 0.25) is 0 Å². The van der Waals surface area contributed by atoms with Crippen LogP contribution in [0.25, 0.3) is 0 Å². The van der Waals surface area contributed by atoms with Crippen molar-refractivity contribution in [3.8, 4) is 0 Å². The molecule has 0 bridgehead atoms. The van der Waals surface area contributed by atoms with E-state index in [1.807, 2.05) is 23.5 Å². The summed E-state index contributed by atoms with van der Waals surface area (Å²) in [5.41, 5.74) is 2.66. The fourth-order valence-electron chi connectivity index (χ4n) is 1.64. The molecule has 0 aliphatic rings. The van der Waals surface area contributed by atoms with Gasteiger partial charge in [0, 0.05) is 24.2 Å². The summed E-state index contributed by atoms with van der Waals surface area (Å²) in [7, 11) is 1.18. The summed E-state index contributed by atoms with van der Waals surface area (Å²) in [5.74, 6) is 0. The second kappa shape index (κ2) is 6.50. The SMILES string of the molecule is Cc1ccc(SC([SiH3])Sc2ccc(C)cc2)cc1. The molecule has 0 spiro atoms. The molecule has 94 valence electrons. The molecule has 3 heteroatoms. The molecule has 0 aliphatic carbocycles. The zero-order valence-electron chi connectivity index (χ0n) is 11.0. The van der Waals surface area contributed by atoms with Crippen LogP contribution in [0.4, 0.5) is 0 Å². The first-order valence-corrected chi connectivity index (χ1v) is 9.01. The van der Waals surface area contributed by atoms with Crippen LogP contribution in [0, 0.1) is 13.8 Å². The molecule has 2 rings (SSSR count). The Hall–Kier alpha value is -0.643. The Balaban J connectivity index is 1.94. The minimum atomic E-state index is 0.662. The van der Waals surface area contributed by atoms with Crippen LogP contribution in [-0.4, -0.2) is 14.4 Å². The maximum absolute atomic E-state index is 2.22. The zero-order chi connectivity index (χ0) is 13.0. The van der Waals surface area contributed by atoms with Gasteiger partial charge in [0.1, 0.15) is 0 Å². The van der Waals surface area contributed by atoms with E-state index in [0.717, 1.165) is 0 Å². The van der Waals surface area contributed by atoms with Gasteiger partial charge in [-0.2, -0.15) is 0 Å². The van der Waals surface area contributed by atoms with E-state index < -0.39 is 0 Å². The highest BCUT2D eigenvalue weighted by molar-refractivity contribution is 8.18. The topological polar surface area (TPSA) is 0 Å². The molecule has 0 N–H and O–H groups in total. The quantitative estimate of drug-likeness (QED) is 0.477. The number of benzene rings is 2. The van der Waals surface area contributed by atoms with Gasteiger partial charge in [-0.05, 0) is 38.1 Å². The summed E-state index contributed by atoms with van der Waals surface area (Å²) in [6.45, 7) is 4.27. The van der Waals surface area contributed by atoms with E-state index in [4.69, 9.17) is 0 Å². The number of aryl methyl sites for hydroxylation is 2. The Bertz CT molecular complexity index is 443. The van der Waals surface area contributed by atoms with E-state index >= 15 is 0 Å². The molecule has 2 aromatic rings. The van der Waals surface area contributed by atoms with Crippen molar-refractivity contribution in [2.75, 3.05) is 0 Å². The Labute approximate surface area is 121 Å². The highest BCUT2D eigenvalue weighted by Crippen LogP contribution is 2.33. The van der Waals surface area contributed by atoms with Crippen molar-refractivity contribution in [1.29, 1.82) is 0 Å². The van der Waals surface area contributed by atoms with Gasteiger partial charge < -0.3 is 0 Å². The fraction of sp³-hybridized carbons (Fsp3) is 0.200. The maximum Gasteiger partial charge on any atom is 0.0417 e. The molecule has 0 heterocycles. The summed E-state index contributed by atoms with van der Waals surface area (Å²) >= 11 is 3.95. The summed E-state index contributed by atoms with van der Waals surface area (Å²) < 4.78 is 0.662. The van der Waals surface area contributed by atoms with Gasteiger partial charge in [0.25, 0.3) is 0 Å². The van der Waals surface area contributed by atoms with Gasteiger partial charge in [-0.1, -0.05) is 35.4 Å². The first-order valence-electron chi connectivity index (χ1n) is 6.10.